The van der Waals surface area contributed by atoms with E-state index in [4.69, 9.17) is 9.47 Å². The number of rotatable bonds is 6. The number of benzene rings is 2. The maximum atomic E-state index is 12.2. The van der Waals surface area contributed by atoms with E-state index in [0.717, 1.165) is 21.3 Å². The van der Waals surface area contributed by atoms with E-state index in [9.17, 15) is 4.79 Å². The molecule has 1 aromatic heterocycles. The first kappa shape index (κ1) is 18.9. The van der Waals surface area contributed by atoms with E-state index >= 15 is 0 Å². The first-order chi connectivity index (χ1) is 13.1. The number of hydrogen-bond acceptors (Lipinski definition) is 4. The number of halogens is 1. The molecule has 0 amide bonds. The van der Waals surface area contributed by atoms with Crippen LogP contribution in [0.3, 0.4) is 0 Å². The van der Waals surface area contributed by atoms with Gasteiger partial charge in [-0.1, -0.05) is 46.3 Å². The number of nitrogens with zero attached hydrogens (tertiary/aromatic N) is 1. The quantitative estimate of drug-likeness (QED) is 0.405. The lowest BCUT2D eigenvalue weighted by Crippen LogP contribution is -2.11. The summed E-state index contributed by atoms with van der Waals surface area (Å²) < 4.78 is 11.8. The van der Waals surface area contributed by atoms with E-state index in [2.05, 4.69) is 20.9 Å². The van der Waals surface area contributed by atoms with Gasteiger partial charge in [-0.2, -0.15) is 0 Å². The molecule has 0 N–H and O–H groups in total. The zero-order valence-electron chi connectivity index (χ0n) is 14.8. The van der Waals surface area contributed by atoms with E-state index in [1.165, 1.54) is 0 Å². The van der Waals surface area contributed by atoms with Crippen LogP contribution in [0.2, 0.25) is 0 Å². The fourth-order valence-electron chi connectivity index (χ4n) is 2.46. The molecule has 3 aromatic rings. The highest BCUT2D eigenvalue weighted by Gasteiger charge is 2.11. The molecule has 27 heavy (non-hydrogen) atoms. The van der Waals surface area contributed by atoms with Crippen molar-refractivity contribution in [1.29, 1.82) is 0 Å². The monoisotopic (exact) mass is 423 g/mol. The third-order valence-electron chi connectivity index (χ3n) is 3.81. The minimum atomic E-state index is -0.340. The molecule has 136 valence electrons. The lowest BCUT2D eigenvalue weighted by molar-refractivity contribution is -0.133. The number of aromatic nitrogens is 1. The highest BCUT2D eigenvalue weighted by atomic mass is 79.9. The highest BCUT2D eigenvalue weighted by Crippen LogP contribution is 2.29. The summed E-state index contributed by atoms with van der Waals surface area (Å²) in [6.45, 7) is 0. The standard InChI is InChI=1S/C22H18BrNO3/c1-26-21-14-16(7-11-19-4-2-3-13-24-19)8-12-20(21)27-22(25)15-17-5-9-18(23)10-6-17/h2-14H,15H2,1H3/b11-7+. The third kappa shape index (κ3) is 5.53. The number of carbonyl (C=O) groups excluding carboxylic acids is 1. The van der Waals surface area contributed by atoms with E-state index in [1.807, 2.05) is 66.7 Å². The van der Waals surface area contributed by atoms with Crippen molar-refractivity contribution in [3.05, 3.63) is 88.2 Å². The summed E-state index contributed by atoms with van der Waals surface area (Å²) in [6.07, 6.45) is 5.78. The lowest BCUT2D eigenvalue weighted by atomic mass is 10.1. The minimum absolute atomic E-state index is 0.192. The first-order valence-electron chi connectivity index (χ1n) is 8.36. The van der Waals surface area contributed by atoms with Crippen LogP contribution in [-0.2, 0) is 11.2 Å². The molecular formula is C22H18BrNO3. The highest BCUT2D eigenvalue weighted by molar-refractivity contribution is 9.10. The first-order valence-corrected chi connectivity index (χ1v) is 9.15. The summed E-state index contributed by atoms with van der Waals surface area (Å²) in [7, 11) is 1.55. The molecule has 0 aliphatic heterocycles. The van der Waals surface area contributed by atoms with Gasteiger partial charge in [-0.3, -0.25) is 9.78 Å². The molecule has 0 radical (unpaired) electrons. The Bertz CT molecular complexity index is 938. The molecule has 0 fully saturated rings. The number of carbonyl (C=O) groups is 1. The molecule has 0 saturated heterocycles. The van der Waals surface area contributed by atoms with Gasteiger partial charge in [0.25, 0.3) is 0 Å². The Morgan fingerprint density at radius 2 is 1.85 bits per heavy atom. The van der Waals surface area contributed by atoms with Gasteiger partial charge in [0.1, 0.15) is 0 Å². The Hall–Kier alpha value is -2.92. The molecule has 0 bridgehead atoms. The minimum Gasteiger partial charge on any atom is -0.493 e. The summed E-state index contributed by atoms with van der Waals surface area (Å²) in [6, 6.07) is 18.7. The molecule has 0 unspecified atom stereocenters. The van der Waals surface area contributed by atoms with Crippen LogP contribution in [0.25, 0.3) is 12.2 Å². The maximum absolute atomic E-state index is 12.2. The summed E-state index contributed by atoms with van der Waals surface area (Å²) in [5.41, 5.74) is 2.67. The van der Waals surface area contributed by atoms with Gasteiger partial charge in [0, 0.05) is 10.7 Å². The van der Waals surface area contributed by atoms with Crippen molar-refractivity contribution in [3.8, 4) is 11.5 Å². The fraction of sp³-hybridized carbons (Fsp3) is 0.0909. The molecule has 0 aliphatic rings. The van der Waals surface area contributed by atoms with Crippen molar-refractivity contribution >= 4 is 34.1 Å². The Morgan fingerprint density at radius 1 is 1.04 bits per heavy atom. The van der Waals surface area contributed by atoms with Gasteiger partial charge in [0.05, 0.1) is 19.2 Å². The van der Waals surface area contributed by atoms with Gasteiger partial charge < -0.3 is 9.47 Å². The summed E-state index contributed by atoms with van der Waals surface area (Å²) in [4.78, 5) is 16.5. The Morgan fingerprint density at radius 3 is 2.56 bits per heavy atom. The smallest absolute Gasteiger partial charge is 0.315 e. The summed E-state index contributed by atoms with van der Waals surface area (Å²) >= 11 is 3.38. The summed E-state index contributed by atoms with van der Waals surface area (Å²) in [5, 5.41) is 0. The van der Waals surface area contributed by atoms with E-state index in [0.29, 0.717) is 11.5 Å². The van der Waals surface area contributed by atoms with Crippen LogP contribution < -0.4 is 9.47 Å². The maximum Gasteiger partial charge on any atom is 0.315 e. The van der Waals surface area contributed by atoms with Crippen molar-refractivity contribution < 1.29 is 14.3 Å². The van der Waals surface area contributed by atoms with Gasteiger partial charge in [-0.15, -0.1) is 0 Å². The SMILES string of the molecule is COc1cc(/C=C/c2ccccn2)ccc1OC(=O)Cc1ccc(Br)cc1. The van der Waals surface area contributed by atoms with Gasteiger partial charge in [0.2, 0.25) is 0 Å². The Balaban J connectivity index is 1.69. The molecule has 0 aliphatic carbocycles. The van der Waals surface area contributed by atoms with Crippen molar-refractivity contribution in [3.63, 3.8) is 0 Å². The normalized spacial score (nSPS) is 10.7. The average molecular weight is 424 g/mol. The third-order valence-corrected chi connectivity index (χ3v) is 4.34. The Kier molecular flexibility index (Phi) is 6.39. The molecule has 0 spiro atoms. The second kappa shape index (κ2) is 9.14. The van der Waals surface area contributed by atoms with Crippen LogP contribution in [0.1, 0.15) is 16.8 Å². The molecule has 3 rings (SSSR count). The topological polar surface area (TPSA) is 48.4 Å². The second-order valence-electron chi connectivity index (χ2n) is 5.78. The van der Waals surface area contributed by atoms with E-state index < -0.39 is 0 Å². The zero-order valence-corrected chi connectivity index (χ0v) is 16.3. The fourth-order valence-corrected chi connectivity index (χ4v) is 2.72. The Labute approximate surface area is 166 Å². The van der Waals surface area contributed by atoms with Crippen molar-refractivity contribution in [1.82, 2.24) is 4.98 Å². The number of ether oxygens (including phenoxy) is 2. The number of esters is 1. The van der Waals surface area contributed by atoms with Crippen LogP contribution in [-0.4, -0.2) is 18.1 Å². The molecule has 0 atom stereocenters. The van der Waals surface area contributed by atoms with E-state index in [-0.39, 0.29) is 12.4 Å². The molecule has 4 nitrogen and oxygen atoms in total. The predicted molar refractivity (Wildman–Crippen MR) is 110 cm³/mol. The number of methoxy groups -OCH3 is 1. The van der Waals surface area contributed by atoms with Crippen LogP contribution >= 0.6 is 15.9 Å². The number of pyridine rings is 1. The lowest BCUT2D eigenvalue weighted by Gasteiger charge is -2.10. The van der Waals surface area contributed by atoms with E-state index in [1.54, 1.807) is 19.4 Å². The predicted octanol–water partition coefficient (Wildman–Crippen LogP) is 5.17. The van der Waals surface area contributed by atoms with Gasteiger partial charge in [-0.25, -0.2) is 0 Å². The molecule has 0 saturated carbocycles. The van der Waals surface area contributed by atoms with Crippen molar-refractivity contribution in [2.24, 2.45) is 0 Å². The zero-order chi connectivity index (χ0) is 19.1. The van der Waals surface area contributed by atoms with Crippen LogP contribution in [0.15, 0.2) is 71.3 Å². The van der Waals surface area contributed by atoms with Crippen LogP contribution in [0, 0.1) is 0 Å². The average Bonchev–Trinajstić information content (AvgIpc) is 2.69. The molecule has 2 aromatic carbocycles. The molecular weight excluding hydrogens is 406 g/mol. The number of hydrogen-bond donors (Lipinski definition) is 0. The largest absolute Gasteiger partial charge is 0.493 e. The van der Waals surface area contributed by atoms with Crippen LogP contribution in [0.5, 0.6) is 11.5 Å². The van der Waals surface area contributed by atoms with Gasteiger partial charge in [-0.05, 0) is 53.6 Å². The van der Waals surface area contributed by atoms with Gasteiger partial charge in [0.15, 0.2) is 11.5 Å². The second-order valence-corrected chi connectivity index (χ2v) is 6.69. The summed E-state index contributed by atoms with van der Waals surface area (Å²) in [5.74, 6) is 0.560. The molecule has 5 heteroatoms. The van der Waals surface area contributed by atoms with Crippen LogP contribution in [0.4, 0.5) is 0 Å². The molecule has 1 heterocycles. The van der Waals surface area contributed by atoms with Crippen molar-refractivity contribution in [2.75, 3.05) is 7.11 Å². The van der Waals surface area contributed by atoms with Gasteiger partial charge >= 0.3 is 5.97 Å². The van der Waals surface area contributed by atoms with Crippen molar-refractivity contribution in [2.45, 2.75) is 6.42 Å².